The first-order valence-electron chi connectivity index (χ1n) is 9.18. The van der Waals surface area contributed by atoms with Crippen LogP contribution in [0.1, 0.15) is 18.9 Å². The van der Waals surface area contributed by atoms with Crippen LogP contribution < -0.4 is 16.6 Å². The molecule has 29 heavy (non-hydrogen) atoms. The lowest BCUT2D eigenvalue weighted by Crippen LogP contribution is -2.43. The molecule has 152 valence electrons. The molecule has 1 amide bonds. The molecule has 1 atom stereocenters. The summed E-state index contributed by atoms with van der Waals surface area (Å²) in [6.07, 6.45) is 1.81. The number of hydrogen-bond donors (Lipinski definition) is 3. The number of esters is 1. The number of carbonyl (C=O) groups excluding carboxylic acids is 2. The topological polar surface area (TPSA) is 145 Å². The summed E-state index contributed by atoms with van der Waals surface area (Å²) in [7, 11) is 0. The number of imidazole rings is 1. The van der Waals surface area contributed by atoms with Gasteiger partial charge in [0, 0.05) is 19.4 Å². The zero-order chi connectivity index (χ0) is 20.8. The molecule has 1 aromatic carbocycles. The fraction of sp³-hybridized carbons (Fsp3) is 0.316. The van der Waals surface area contributed by atoms with E-state index in [0.29, 0.717) is 12.1 Å². The molecule has 3 rings (SSSR count). The minimum Gasteiger partial charge on any atom is -0.464 e. The third-order valence-electron chi connectivity index (χ3n) is 4.26. The van der Waals surface area contributed by atoms with Crippen molar-refractivity contribution in [1.82, 2.24) is 24.8 Å². The first kappa shape index (κ1) is 20.1. The van der Waals surface area contributed by atoms with Crippen LogP contribution in [0, 0.1) is 0 Å². The van der Waals surface area contributed by atoms with E-state index in [1.807, 2.05) is 30.3 Å². The van der Waals surface area contributed by atoms with Crippen LogP contribution in [-0.2, 0) is 27.3 Å². The van der Waals surface area contributed by atoms with E-state index in [4.69, 9.17) is 10.5 Å². The van der Waals surface area contributed by atoms with E-state index < -0.39 is 17.6 Å². The average Bonchev–Trinajstić information content (AvgIpc) is 3.10. The summed E-state index contributed by atoms with van der Waals surface area (Å²) in [5, 5.41) is 2.72. The number of nitrogens with zero attached hydrogens (tertiary/aromatic N) is 3. The molecule has 0 aliphatic rings. The van der Waals surface area contributed by atoms with Gasteiger partial charge in [0.2, 0.25) is 11.9 Å². The Labute approximate surface area is 166 Å². The van der Waals surface area contributed by atoms with E-state index in [1.165, 1.54) is 6.33 Å². The van der Waals surface area contributed by atoms with E-state index in [2.05, 4.69) is 20.3 Å². The number of anilines is 1. The van der Waals surface area contributed by atoms with Gasteiger partial charge in [-0.1, -0.05) is 30.3 Å². The number of aromatic amines is 1. The highest BCUT2D eigenvalue weighted by Gasteiger charge is 2.22. The van der Waals surface area contributed by atoms with E-state index in [9.17, 15) is 14.4 Å². The van der Waals surface area contributed by atoms with Gasteiger partial charge in [-0.3, -0.25) is 14.6 Å². The third-order valence-corrected chi connectivity index (χ3v) is 4.26. The zero-order valence-electron chi connectivity index (χ0n) is 15.9. The molecular formula is C19H22N6O4. The van der Waals surface area contributed by atoms with Crippen molar-refractivity contribution in [3.63, 3.8) is 0 Å². The number of rotatable bonds is 8. The van der Waals surface area contributed by atoms with Gasteiger partial charge in [0.05, 0.1) is 12.9 Å². The molecule has 0 aliphatic carbocycles. The number of ether oxygens (including phenoxy) is 1. The summed E-state index contributed by atoms with van der Waals surface area (Å²) in [6, 6.07) is 8.57. The van der Waals surface area contributed by atoms with Crippen molar-refractivity contribution in [2.45, 2.75) is 32.4 Å². The summed E-state index contributed by atoms with van der Waals surface area (Å²) < 4.78 is 6.65. The summed E-state index contributed by atoms with van der Waals surface area (Å²) in [5.74, 6) is -0.851. The Hall–Kier alpha value is -3.69. The van der Waals surface area contributed by atoms with Gasteiger partial charge in [-0.2, -0.15) is 4.98 Å². The van der Waals surface area contributed by atoms with Crippen molar-refractivity contribution in [2.24, 2.45) is 0 Å². The maximum Gasteiger partial charge on any atom is 0.328 e. The second kappa shape index (κ2) is 9.00. The lowest BCUT2D eigenvalue weighted by atomic mass is 10.1. The van der Waals surface area contributed by atoms with Gasteiger partial charge in [0.1, 0.15) is 6.04 Å². The van der Waals surface area contributed by atoms with E-state index in [-0.39, 0.29) is 36.9 Å². The number of fused-ring (bicyclic) bond motifs is 1. The molecule has 0 radical (unpaired) electrons. The maximum absolute atomic E-state index is 12.5. The van der Waals surface area contributed by atoms with Gasteiger partial charge < -0.3 is 20.4 Å². The zero-order valence-corrected chi connectivity index (χ0v) is 15.9. The monoisotopic (exact) mass is 398 g/mol. The van der Waals surface area contributed by atoms with Crippen LogP contribution in [0.25, 0.3) is 11.2 Å². The Morgan fingerprint density at radius 3 is 2.79 bits per heavy atom. The fourth-order valence-corrected chi connectivity index (χ4v) is 2.91. The van der Waals surface area contributed by atoms with Gasteiger partial charge >= 0.3 is 5.97 Å². The highest BCUT2D eigenvalue weighted by molar-refractivity contribution is 5.84. The van der Waals surface area contributed by atoms with Crippen LogP contribution in [0.4, 0.5) is 5.95 Å². The van der Waals surface area contributed by atoms with E-state index in [0.717, 1.165) is 5.56 Å². The summed E-state index contributed by atoms with van der Waals surface area (Å²) >= 11 is 0. The minimum absolute atomic E-state index is 0.0288. The lowest BCUT2D eigenvalue weighted by molar-refractivity contribution is -0.147. The summed E-state index contributed by atoms with van der Waals surface area (Å²) in [5.41, 5.74) is 6.48. The Bertz CT molecular complexity index is 1060. The number of nitrogens with one attached hydrogen (secondary N) is 2. The van der Waals surface area contributed by atoms with Gasteiger partial charge in [0.15, 0.2) is 11.2 Å². The molecule has 3 aromatic rings. The SMILES string of the molecule is CCOC(=O)C(Cc1ccccc1)NC(=O)CCn1cnc2c(=O)[nH]c(N)nc21. The van der Waals surface area contributed by atoms with Crippen molar-refractivity contribution in [3.05, 3.63) is 52.6 Å². The smallest absolute Gasteiger partial charge is 0.328 e. The Kier molecular flexibility index (Phi) is 6.22. The normalized spacial score (nSPS) is 11.9. The van der Waals surface area contributed by atoms with E-state index in [1.54, 1.807) is 11.5 Å². The van der Waals surface area contributed by atoms with Crippen LogP contribution in [0.3, 0.4) is 0 Å². The number of hydrogen-bond acceptors (Lipinski definition) is 7. The van der Waals surface area contributed by atoms with Crippen LogP contribution >= 0.6 is 0 Å². The number of benzene rings is 1. The Balaban J connectivity index is 1.67. The molecule has 10 heteroatoms. The predicted octanol–water partition coefficient (Wildman–Crippen LogP) is 0.383. The van der Waals surface area contributed by atoms with Crippen LogP contribution in [-0.4, -0.2) is 44.0 Å². The van der Waals surface area contributed by atoms with Gasteiger partial charge in [-0.05, 0) is 12.5 Å². The number of H-pyrrole nitrogens is 1. The third kappa shape index (κ3) is 4.98. The maximum atomic E-state index is 12.5. The molecule has 2 aromatic heterocycles. The first-order chi connectivity index (χ1) is 14.0. The first-order valence-corrected chi connectivity index (χ1v) is 9.18. The largest absolute Gasteiger partial charge is 0.464 e. The van der Waals surface area contributed by atoms with E-state index >= 15 is 0 Å². The molecule has 0 saturated heterocycles. The number of nitrogens with two attached hydrogens (primary N) is 1. The Morgan fingerprint density at radius 1 is 1.31 bits per heavy atom. The average molecular weight is 398 g/mol. The van der Waals surface area contributed by atoms with Gasteiger partial charge in [-0.25, -0.2) is 9.78 Å². The van der Waals surface area contributed by atoms with Crippen molar-refractivity contribution >= 4 is 29.0 Å². The quantitative estimate of drug-likeness (QED) is 0.465. The molecule has 10 nitrogen and oxygen atoms in total. The highest BCUT2D eigenvalue weighted by atomic mass is 16.5. The van der Waals surface area contributed by atoms with Crippen molar-refractivity contribution in [1.29, 1.82) is 0 Å². The molecule has 1 unspecified atom stereocenters. The number of nitrogen functional groups attached to an aromatic ring is 1. The van der Waals surface area contributed by atoms with Crippen LogP contribution in [0.15, 0.2) is 41.5 Å². The molecule has 0 spiro atoms. The molecule has 0 aliphatic heterocycles. The lowest BCUT2D eigenvalue weighted by Gasteiger charge is -2.17. The van der Waals surface area contributed by atoms with Gasteiger partial charge in [0.25, 0.3) is 5.56 Å². The van der Waals surface area contributed by atoms with Gasteiger partial charge in [-0.15, -0.1) is 0 Å². The molecule has 4 N–H and O–H groups in total. The second-order valence-electron chi connectivity index (χ2n) is 6.37. The molecule has 0 bridgehead atoms. The molecule has 0 saturated carbocycles. The standard InChI is InChI=1S/C19H22N6O4/c1-2-29-18(28)13(10-12-6-4-3-5-7-12)22-14(26)8-9-25-11-21-15-16(25)23-19(20)24-17(15)27/h3-7,11,13H,2,8-10H2,1H3,(H,22,26)(H3,20,23,24,27). The number of aromatic nitrogens is 4. The summed E-state index contributed by atoms with van der Waals surface area (Å²) in [6.45, 7) is 2.16. The Morgan fingerprint density at radius 2 is 2.07 bits per heavy atom. The molecule has 2 heterocycles. The van der Waals surface area contributed by atoms with Crippen molar-refractivity contribution < 1.29 is 14.3 Å². The fourth-order valence-electron chi connectivity index (χ4n) is 2.91. The molecule has 0 fully saturated rings. The second-order valence-corrected chi connectivity index (χ2v) is 6.37. The minimum atomic E-state index is -0.791. The molecular weight excluding hydrogens is 376 g/mol. The number of amides is 1. The van der Waals surface area contributed by atoms with Crippen LogP contribution in [0.5, 0.6) is 0 Å². The number of aryl methyl sites for hydroxylation is 1. The van der Waals surface area contributed by atoms with Crippen molar-refractivity contribution in [2.75, 3.05) is 12.3 Å². The van der Waals surface area contributed by atoms with Crippen LogP contribution in [0.2, 0.25) is 0 Å². The number of carbonyl (C=O) groups is 2. The predicted molar refractivity (Wildman–Crippen MR) is 106 cm³/mol. The van der Waals surface area contributed by atoms with Crippen molar-refractivity contribution in [3.8, 4) is 0 Å². The highest BCUT2D eigenvalue weighted by Crippen LogP contribution is 2.08. The summed E-state index contributed by atoms with van der Waals surface area (Å²) in [4.78, 5) is 47.0.